The summed E-state index contributed by atoms with van der Waals surface area (Å²) in [5.74, 6) is -0.674. The molecule has 1 N–H and O–H groups in total. The fourth-order valence-electron chi connectivity index (χ4n) is 4.06. The molecule has 1 aromatic heterocycles. The van der Waals surface area contributed by atoms with E-state index in [1.807, 2.05) is 0 Å². The minimum Gasteiger partial charge on any atom is -0.309 e. The van der Waals surface area contributed by atoms with Crippen molar-refractivity contribution in [2.75, 3.05) is 10.2 Å². The first-order valence-corrected chi connectivity index (χ1v) is 9.34. The number of hydrogen-bond donors (Lipinski definition) is 1. The van der Waals surface area contributed by atoms with Crippen LogP contribution in [0.15, 0.2) is 48.7 Å². The SMILES string of the molecule is O=C1C(=O)N(C(CC2CCCC2)C(=O)Nc2ccccn2)c2ccccc21. The molecule has 2 heterocycles. The van der Waals surface area contributed by atoms with E-state index in [4.69, 9.17) is 0 Å². The van der Waals surface area contributed by atoms with Crippen LogP contribution in [-0.4, -0.2) is 28.6 Å². The number of carbonyl (C=O) groups excluding carboxylic acids is 3. The van der Waals surface area contributed by atoms with Crippen molar-refractivity contribution >= 4 is 29.1 Å². The quantitative estimate of drug-likeness (QED) is 0.828. The topological polar surface area (TPSA) is 79.4 Å². The maximum atomic E-state index is 13.1. The summed E-state index contributed by atoms with van der Waals surface area (Å²) in [7, 11) is 0. The molecule has 1 saturated carbocycles. The minimum absolute atomic E-state index is 0.307. The van der Waals surface area contributed by atoms with E-state index in [0.29, 0.717) is 29.4 Å². The number of ketones is 1. The third kappa shape index (κ3) is 3.35. The van der Waals surface area contributed by atoms with Crippen molar-refractivity contribution < 1.29 is 14.4 Å². The molecule has 1 aliphatic heterocycles. The molecule has 2 aliphatic rings. The molecular weight excluding hydrogens is 342 g/mol. The van der Waals surface area contributed by atoms with Gasteiger partial charge in [-0.05, 0) is 36.6 Å². The molecule has 27 heavy (non-hydrogen) atoms. The molecule has 2 aromatic rings. The fourth-order valence-corrected chi connectivity index (χ4v) is 4.06. The first-order valence-electron chi connectivity index (χ1n) is 9.34. The van der Waals surface area contributed by atoms with Crippen molar-refractivity contribution in [3.05, 3.63) is 54.2 Å². The average Bonchev–Trinajstić information content (AvgIpc) is 3.28. The summed E-state index contributed by atoms with van der Waals surface area (Å²) in [4.78, 5) is 43.7. The number of fused-ring (bicyclic) bond motifs is 1. The Morgan fingerprint density at radius 1 is 1.11 bits per heavy atom. The van der Waals surface area contributed by atoms with Crippen LogP contribution in [0, 0.1) is 5.92 Å². The summed E-state index contributed by atoms with van der Waals surface area (Å²) in [5.41, 5.74) is 0.885. The summed E-state index contributed by atoms with van der Waals surface area (Å²) in [6.45, 7) is 0. The lowest BCUT2D eigenvalue weighted by atomic mass is 9.96. The number of rotatable bonds is 5. The zero-order valence-electron chi connectivity index (χ0n) is 14.9. The maximum absolute atomic E-state index is 13.1. The molecule has 6 nitrogen and oxygen atoms in total. The number of aromatic nitrogens is 1. The van der Waals surface area contributed by atoms with E-state index in [9.17, 15) is 14.4 Å². The number of carbonyl (C=O) groups is 3. The van der Waals surface area contributed by atoms with E-state index in [1.165, 1.54) is 4.90 Å². The van der Waals surface area contributed by atoms with Crippen LogP contribution in [0.4, 0.5) is 11.5 Å². The minimum atomic E-state index is -0.727. The third-order valence-electron chi connectivity index (χ3n) is 5.38. The van der Waals surface area contributed by atoms with Crippen LogP contribution in [0.25, 0.3) is 0 Å². The van der Waals surface area contributed by atoms with Crippen LogP contribution in [0.5, 0.6) is 0 Å². The maximum Gasteiger partial charge on any atom is 0.300 e. The van der Waals surface area contributed by atoms with Gasteiger partial charge < -0.3 is 5.32 Å². The van der Waals surface area contributed by atoms with E-state index in [-0.39, 0.29) is 5.91 Å². The average molecular weight is 363 g/mol. The molecule has 4 rings (SSSR count). The van der Waals surface area contributed by atoms with E-state index in [0.717, 1.165) is 25.7 Å². The smallest absolute Gasteiger partial charge is 0.300 e. The van der Waals surface area contributed by atoms with Crippen molar-refractivity contribution in [2.24, 2.45) is 5.92 Å². The largest absolute Gasteiger partial charge is 0.309 e. The van der Waals surface area contributed by atoms with Gasteiger partial charge in [0.25, 0.3) is 11.7 Å². The number of nitrogens with one attached hydrogen (secondary N) is 1. The monoisotopic (exact) mass is 363 g/mol. The highest BCUT2D eigenvalue weighted by molar-refractivity contribution is 6.52. The Hall–Kier alpha value is -3.02. The fraction of sp³-hybridized carbons (Fsp3) is 0.333. The molecule has 0 saturated heterocycles. The molecule has 6 heteroatoms. The summed E-state index contributed by atoms with van der Waals surface area (Å²) in [5, 5.41) is 2.80. The zero-order chi connectivity index (χ0) is 18.8. The first kappa shape index (κ1) is 17.4. The van der Waals surface area contributed by atoms with Gasteiger partial charge in [-0.3, -0.25) is 19.3 Å². The van der Waals surface area contributed by atoms with Gasteiger partial charge in [0.1, 0.15) is 11.9 Å². The van der Waals surface area contributed by atoms with Crippen LogP contribution >= 0.6 is 0 Å². The van der Waals surface area contributed by atoms with Gasteiger partial charge >= 0.3 is 0 Å². The van der Waals surface area contributed by atoms with Crippen LogP contribution in [0.2, 0.25) is 0 Å². The van der Waals surface area contributed by atoms with Crippen LogP contribution in [0.3, 0.4) is 0 Å². The molecule has 0 bridgehead atoms. The van der Waals surface area contributed by atoms with Crippen molar-refractivity contribution in [3.8, 4) is 0 Å². The van der Waals surface area contributed by atoms with E-state index < -0.39 is 17.7 Å². The molecule has 1 atom stereocenters. The van der Waals surface area contributed by atoms with Crippen LogP contribution in [-0.2, 0) is 9.59 Å². The number of pyridine rings is 1. The second-order valence-corrected chi connectivity index (χ2v) is 7.13. The molecular formula is C21H21N3O3. The lowest BCUT2D eigenvalue weighted by molar-refractivity contribution is -0.121. The van der Waals surface area contributed by atoms with Crippen LogP contribution in [0.1, 0.15) is 42.5 Å². The highest BCUT2D eigenvalue weighted by atomic mass is 16.2. The Kier molecular flexibility index (Phi) is 4.71. The molecule has 1 aliphatic carbocycles. The second kappa shape index (κ2) is 7.31. The van der Waals surface area contributed by atoms with Gasteiger partial charge in [0, 0.05) is 6.20 Å². The Labute approximate surface area is 157 Å². The van der Waals surface area contributed by atoms with Gasteiger partial charge in [-0.25, -0.2) is 4.98 Å². The summed E-state index contributed by atoms with van der Waals surface area (Å²) < 4.78 is 0. The standard InChI is InChI=1S/C21H21N3O3/c25-19-15-9-3-4-10-16(15)24(21(19)27)17(13-14-7-1-2-8-14)20(26)23-18-11-5-6-12-22-18/h3-6,9-12,14,17H,1-2,7-8,13H2,(H,22,23,26). The summed E-state index contributed by atoms with van der Waals surface area (Å²) in [6.07, 6.45) is 6.52. The number of benzene rings is 1. The highest BCUT2D eigenvalue weighted by Gasteiger charge is 2.43. The highest BCUT2D eigenvalue weighted by Crippen LogP contribution is 2.35. The van der Waals surface area contributed by atoms with Gasteiger partial charge in [-0.1, -0.05) is 43.9 Å². The number of hydrogen-bond acceptors (Lipinski definition) is 4. The number of Topliss-reactive ketones (excluding diaryl/α,β-unsaturated/α-hetero) is 1. The molecule has 1 fully saturated rings. The molecule has 1 unspecified atom stereocenters. The van der Waals surface area contributed by atoms with Crippen LogP contribution < -0.4 is 10.2 Å². The summed E-state index contributed by atoms with van der Waals surface area (Å²) >= 11 is 0. The Morgan fingerprint density at radius 2 is 1.85 bits per heavy atom. The zero-order valence-corrected chi connectivity index (χ0v) is 14.9. The second-order valence-electron chi connectivity index (χ2n) is 7.13. The Balaban J connectivity index is 1.66. The number of nitrogens with zero attached hydrogens (tertiary/aromatic N) is 2. The van der Waals surface area contributed by atoms with Crippen molar-refractivity contribution in [1.29, 1.82) is 0 Å². The van der Waals surface area contributed by atoms with E-state index in [2.05, 4.69) is 10.3 Å². The lowest BCUT2D eigenvalue weighted by Gasteiger charge is -2.29. The predicted molar refractivity (Wildman–Crippen MR) is 101 cm³/mol. The Bertz CT molecular complexity index is 875. The van der Waals surface area contributed by atoms with Gasteiger partial charge in [0.05, 0.1) is 11.3 Å². The molecule has 0 spiro atoms. The lowest BCUT2D eigenvalue weighted by Crippen LogP contribution is -2.48. The normalized spacial score (nSPS) is 17.9. The number of anilines is 2. The Morgan fingerprint density at radius 3 is 2.59 bits per heavy atom. The molecule has 1 aromatic carbocycles. The first-order chi connectivity index (χ1) is 13.1. The van der Waals surface area contributed by atoms with E-state index in [1.54, 1.807) is 48.7 Å². The molecule has 2 amide bonds. The summed E-state index contributed by atoms with van der Waals surface area (Å²) in [6, 6.07) is 11.4. The number of para-hydroxylation sites is 1. The van der Waals surface area contributed by atoms with Crippen molar-refractivity contribution in [1.82, 2.24) is 4.98 Å². The molecule has 138 valence electrons. The predicted octanol–water partition coefficient (Wildman–Crippen LogP) is 3.20. The van der Waals surface area contributed by atoms with Gasteiger partial charge in [0.15, 0.2) is 0 Å². The third-order valence-corrected chi connectivity index (χ3v) is 5.38. The van der Waals surface area contributed by atoms with Gasteiger partial charge in [0.2, 0.25) is 5.91 Å². The van der Waals surface area contributed by atoms with Crippen molar-refractivity contribution in [2.45, 2.75) is 38.1 Å². The van der Waals surface area contributed by atoms with E-state index >= 15 is 0 Å². The van der Waals surface area contributed by atoms with Gasteiger partial charge in [-0.2, -0.15) is 0 Å². The van der Waals surface area contributed by atoms with Gasteiger partial charge in [-0.15, -0.1) is 0 Å². The van der Waals surface area contributed by atoms with Crippen molar-refractivity contribution in [3.63, 3.8) is 0 Å². The number of amides is 2. The molecule has 0 radical (unpaired) electrons.